The Balaban J connectivity index is 1.54. The Hall–Kier alpha value is -2.28. The monoisotopic (exact) mass is 343 g/mol. The van der Waals surface area contributed by atoms with Gasteiger partial charge in [-0.05, 0) is 39.7 Å². The highest BCUT2D eigenvalue weighted by Crippen LogP contribution is 2.16. The minimum atomic E-state index is 0.0551. The van der Waals surface area contributed by atoms with Crippen LogP contribution in [0.4, 0.5) is 0 Å². The number of hydrogen-bond donors (Lipinski definition) is 1. The molecule has 0 aliphatic carbocycles. The minimum Gasteiger partial charge on any atom is -0.375 e. The molecule has 3 heterocycles. The third-order valence-electron chi connectivity index (χ3n) is 4.68. The summed E-state index contributed by atoms with van der Waals surface area (Å²) in [5, 5.41) is 7.11. The number of nitrogens with one attached hydrogen (secondary N) is 1. The van der Waals surface area contributed by atoms with Crippen LogP contribution in [-0.2, 0) is 22.4 Å². The minimum absolute atomic E-state index is 0.0551. The molecule has 134 valence electrons. The Labute approximate surface area is 147 Å². The van der Waals surface area contributed by atoms with E-state index in [0.29, 0.717) is 26.1 Å². The normalized spacial score (nSPS) is 17.7. The van der Waals surface area contributed by atoms with Crippen molar-refractivity contribution in [3.63, 3.8) is 0 Å². The van der Waals surface area contributed by atoms with Gasteiger partial charge in [-0.3, -0.25) is 9.89 Å². The summed E-state index contributed by atoms with van der Waals surface area (Å²) in [5.74, 6) is 0.138. The van der Waals surface area contributed by atoms with Crippen LogP contribution >= 0.6 is 0 Å². The van der Waals surface area contributed by atoms with E-state index in [1.54, 1.807) is 6.33 Å². The van der Waals surface area contributed by atoms with Crippen molar-refractivity contribution in [3.8, 4) is 0 Å². The van der Waals surface area contributed by atoms with Gasteiger partial charge < -0.3 is 9.64 Å². The summed E-state index contributed by atoms with van der Waals surface area (Å²) in [6, 6.07) is 2.00. The molecule has 1 aliphatic heterocycles. The van der Waals surface area contributed by atoms with Crippen LogP contribution in [0, 0.1) is 20.8 Å². The fourth-order valence-corrected chi connectivity index (χ4v) is 3.17. The largest absolute Gasteiger partial charge is 0.375 e. The molecule has 1 fully saturated rings. The molecule has 1 saturated heterocycles. The van der Waals surface area contributed by atoms with Crippen molar-refractivity contribution in [1.82, 2.24) is 25.1 Å². The third-order valence-corrected chi connectivity index (χ3v) is 4.68. The number of aromatic amines is 1. The van der Waals surface area contributed by atoms with Gasteiger partial charge in [0, 0.05) is 35.7 Å². The Morgan fingerprint density at radius 1 is 1.36 bits per heavy atom. The van der Waals surface area contributed by atoms with Gasteiger partial charge in [-0.15, -0.1) is 0 Å². The van der Waals surface area contributed by atoms with Gasteiger partial charge in [0.05, 0.1) is 24.8 Å². The number of carbonyl (C=O) groups excluding carboxylic acids is 1. The van der Waals surface area contributed by atoms with Gasteiger partial charge in [0.25, 0.3) is 0 Å². The molecule has 1 aliphatic rings. The smallest absolute Gasteiger partial charge is 0.227 e. The van der Waals surface area contributed by atoms with Crippen LogP contribution < -0.4 is 0 Å². The second kappa shape index (κ2) is 7.74. The summed E-state index contributed by atoms with van der Waals surface area (Å²) in [5.41, 5.74) is 4.86. The highest BCUT2D eigenvalue weighted by molar-refractivity contribution is 5.79. The lowest BCUT2D eigenvalue weighted by atomic mass is 10.1. The van der Waals surface area contributed by atoms with Crippen LogP contribution in [-0.4, -0.2) is 56.8 Å². The number of morpholine rings is 1. The Morgan fingerprint density at radius 2 is 2.20 bits per heavy atom. The van der Waals surface area contributed by atoms with Crippen molar-refractivity contribution in [1.29, 1.82) is 0 Å². The molecule has 0 spiro atoms. The Kier molecular flexibility index (Phi) is 5.43. The van der Waals surface area contributed by atoms with E-state index in [9.17, 15) is 4.79 Å². The molecule has 2 aromatic heterocycles. The molecule has 2 aromatic rings. The molecule has 1 N–H and O–H groups in total. The summed E-state index contributed by atoms with van der Waals surface area (Å²) in [6.45, 7) is 7.72. The molecular formula is C18H25N5O2. The maximum atomic E-state index is 12.6. The topological polar surface area (TPSA) is 84.0 Å². The molecule has 0 unspecified atom stereocenters. The van der Waals surface area contributed by atoms with E-state index in [4.69, 9.17) is 4.74 Å². The number of H-pyrrole nitrogens is 1. The van der Waals surface area contributed by atoms with Crippen LogP contribution in [0.3, 0.4) is 0 Å². The van der Waals surface area contributed by atoms with E-state index in [2.05, 4.69) is 20.2 Å². The van der Waals surface area contributed by atoms with Crippen LogP contribution in [0.25, 0.3) is 0 Å². The predicted molar refractivity (Wildman–Crippen MR) is 93.2 cm³/mol. The van der Waals surface area contributed by atoms with Crippen molar-refractivity contribution in [3.05, 3.63) is 40.7 Å². The van der Waals surface area contributed by atoms with Gasteiger partial charge in [-0.1, -0.05) is 0 Å². The number of rotatable bonds is 5. The molecular weight excluding hydrogens is 318 g/mol. The maximum absolute atomic E-state index is 12.6. The van der Waals surface area contributed by atoms with E-state index in [0.717, 1.165) is 41.2 Å². The summed E-state index contributed by atoms with van der Waals surface area (Å²) in [7, 11) is 0. The lowest BCUT2D eigenvalue weighted by Gasteiger charge is -2.33. The van der Waals surface area contributed by atoms with Crippen LogP contribution in [0.15, 0.2) is 12.4 Å². The molecule has 1 amide bonds. The van der Waals surface area contributed by atoms with Gasteiger partial charge in [-0.25, -0.2) is 9.97 Å². The number of amides is 1. The number of hydrogen-bond acceptors (Lipinski definition) is 5. The number of nitrogens with zero attached hydrogens (tertiary/aromatic N) is 4. The first-order valence-corrected chi connectivity index (χ1v) is 8.70. The van der Waals surface area contributed by atoms with Gasteiger partial charge in [0.1, 0.15) is 6.33 Å². The molecule has 7 heteroatoms. The molecule has 7 nitrogen and oxygen atoms in total. The van der Waals surface area contributed by atoms with Crippen molar-refractivity contribution in [2.75, 3.05) is 19.7 Å². The lowest BCUT2D eigenvalue weighted by molar-refractivity contribution is -0.138. The van der Waals surface area contributed by atoms with Crippen LogP contribution in [0.5, 0.6) is 0 Å². The fourth-order valence-electron chi connectivity index (χ4n) is 3.17. The molecule has 3 rings (SSSR count). The second-order valence-corrected chi connectivity index (χ2v) is 6.61. The third kappa shape index (κ3) is 4.42. The molecule has 0 bridgehead atoms. The van der Waals surface area contributed by atoms with E-state index in [-0.39, 0.29) is 12.0 Å². The zero-order valence-electron chi connectivity index (χ0n) is 15.1. The first-order chi connectivity index (χ1) is 12.0. The molecule has 0 saturated carbocycles. The van der Waals surface area contributed by atoms with E-state index in [1.807, 2.05) is 31.7 Å². The lowest BCUT2D eigenvalue weighted by Crippen LogP contribution is -2.46. The Morgan fingerprint density at radius 3 is 2.92 bits per heavy atom. The fraction of sp³-hybridized carbons (Fsp3) is 0.556. The zero-order chi connectivity index (χ0) is 17.8. The second-order valence-electron chi connectivity index (χ2n) is 6.61. The highest BCUT2D eigenvalue weighted by atomic mass is 16.5. The zero-order valence-corrected chi connectivity index (χ0v) is 15.1. The summed E-state index contributed by atoms with van der Waals surface area (Å²) >= 11 is 0. The number of carbonyl (C=O) groups is 1. The van der Waals surface area contributed by atoms with E-state index >= 15 is 0 Å². The quantitative estimate of drug-likeness (QED) is 0.890. The first-order valence-electron chi connectivity index (χ1n) is 8.70. The SMILES string of the molecule is Cc1cc(CC[C@@H]2CN(C(=O)Cc3c(C)n[nH]c3C)CCO2)ncn1. The number of ether oxygens (including phenoxy) is 1. The molecule has 0 radical (unpaired) electrons. The van der Waals surface area contributed by atoms with Crippen molar-refractivity contribution in [2.45, 2.75) is 46.1 Å². The highest BCUT2D eigenvalue weighted by Gasteiger charge is 2.25. The van der Waals surface area contributed by atoms with Crippen LogP contribution in [0.2, 0.25) is 0 Å². The maximum Gasteiger partial charge on any atom is 0.227 e. The molecule has 25 heavy (non-hydrogen) atoms. The van der Waals surface area contributed by atoms with Crippen molar-refractivity contribution >= 4 is 5.91 Å². The average Bonchev–Trinajstić information content (AvgIpc) is 2.92. The molecule has 1 atom stereocenters. The first kappa shape index (κ1) is 17.5. The van der Waals surface area contributed by atoms with Gasteiger partial charge in [0.15, 0.2) is 0 Å². The van der Waals surface area contributed by atoms with Crippen molar-refractivity contribution in [2.24, 2.45) is 0 Å². The van der Waals surface area contributed by atoms with Gasteiger partial charge in [-0.2, -0.15) is 5.10 Å². The number of aryl methyl sites for hydroxylation is 4. The average molecular weight is 343 g/mol. The van der Waals surface area contributed by atoms with E-state index < -0.39 is 0 Å². The predicted octanol–water partition coefficient (Wildman–Crippen LogP) is 1.53. The standard InChI is InChI=1S/C18H25N5O2/c1-12-8-15(20-11-19-12)4-5-16-10-23(6-7-25-16)18(24)9-17-13(2)21-22-14(17)3/h8,11,16H,4-7,9-10H2,1-3H3,(H,21,22)/t16-/m1/s1. The molecule has 0 aromatic carbocycles. The Bertz CT molecular complexity index is 723. The summed E-state index contributed by atoms with van der Waals surface area (Å²) in [6.07, 6.45) is 3.73. The number of aromatic nitrogens is 4. The van der Waals surface area contributed by atoms with Crippen LogP contribution in [0.1, 0.15) is 34.8 Å². The van der Waals surface area contributed by atoms with Crippen molar-refractivity contribution < 1.29 is 9.53 Å². The summed E-state index contributed by atoms with van der Waals surface area (Å²) in [4.78, 5) is 23.0. The van der Waals surface area contributed by atoms with Gasteiger partial charge >= 0.3 is 0 Å². The summed E-state index contributed by atoms with van der Waals surface area (Å²) < 4.78 is 5.84. The van der Waals surface area contributed by atoms with E-state index in [1.165, 1.54) is 0 Å². The van der Waals surface area contributed by atoms with Gasteiger partial charge in [0.2, 0.25) is 5.91 Å².